The second-order valence-electron chi connectivity index (χ2n) is 4.28. The van der Waals surface area contributed by atoms with E-state index >= 15 is 0 Å². The van der Waals surface area contributed by atoms with Crippen LogP contribution in [0.2, 0.25) is 5.02 Å². The highest BCUT2D eigenvalue weighted by atomic mass is 35.5. The molecule has 0 saturated heterocycles. The lowest BCUT2D eigenvalue weighted by Gasteiger charge is -2.21. The van der Waals surface area contributed by atoms with Gasteiger partial charge in [-0.1, -0.05) is 18.5 Å². The van der Waals surface area contributed by atoms with E-state index in [0.717, 1.165) is 11.1 Å². The third-order valence-electron chi connectivity index (χ3n) is 3.23. The molecule has 1 aromatic rings. The van der Waals surface area contributed by atoms with E-state index < -0.39 is 4.92 Å². The summed E-state index contributed by atoms with van der Waals surface area (Å²) in [6.07, 6.45) is 0. The van der Waals surface area contributed by atoms with Crippen molar-refractivity contribution in [2.24, 2.45) is 0 Å². The average molecular weight is 257 g/mol. The van der Waals surface area contributed by atoms with Gasteiger partial charge in [0.2, 0.25) is 0 Å². The molecule has 17 heavy (non-hydrogen) atoms. The molecule has 0 spiro atoms. The number of likely N-dealkylation sites (N-methyl/N-ethyl adjacent to an activating group) is 1. The number of nitrogens with one attached hydrogen (secondary N) is 1. The summed E-state index contributed by atoms with van der Waals surface area (Å²) in [5.74, 6) is 0.248. The third kappa shape index (κ3) is 2.96. The molecule has 0 fully saturated rings. The van der Waals surface area contributed by atoms with Crippen molar-refractivity contribution in [3.05, 3.63) is 38.4 Å². The van der Waals surface area contributed by atoms with Gasteiger partial charge in [0, 0.05) is 12.1 Å². The number of rotatable bonds is 4. The second kappa shape index (κ2) is 5.47. The van der Waals surface area contributed by atoms with Gasteiger partial charge in [0.15, 0.2) is 0 Å². The summed E-state index contributed by atoms with van der Waals surface area (Å²) in [5.41, 5.74) is 1.91. The maximum atomic E-state index is 10.8. The van der Waals surface area contributed by atoms with Crippen LogP contribution < -0.4 is 5.32 Å². The molecule has 0 radical (unpaired) electrons. The lowest BCUT2D eigenvalue weighted by atomic mass is 9.91. The van der Waals surface area contributed by atoms with Crippen molar-refractivity contribution >= 4 is 17.3 Å². The van der Waals surface area contributed by atoms with Crippen LogP contribution in [0.25, 0.3) is 0 Å². The van der Waals surface area contributed by atoms with E-state index in [1.54, 1.807) is 6.07 Å². The average Bonchev–Trinajstić information content (AvgIpc) is 2.29. The van der Waals surface area contributed by atoms with E-state index in [1.165, 1.54) is 6.07 Å². The van der Waals surface area contributed by atoms with Crippen LogP contribution in [0.4, 0.5) is 5.69 Å². The largest absolute Gasteiger partial charge is 0.317 e. The predicted octanol–water partition coefficient (Wildman–Crippen LogP) is 3.27. The summed E-state index contributed by atoms with van der Waals surface area (Å²) in [7, 11) is 1.89. The van der Waals surface area contributed by atoms with Crippen molar-refractivity contribution in [2.45, 2.75) is 32.7 Å². The fourth-order valence-electron chi connectivity index (χ4n) is 1.83. The van der Waals surface area contributed by atoms with Gasteiger partial charge in [-0.3, -0.25) is 10.1 Å². The van der Waals surface area contributed by atoms with Crippen molar-refractivity contribution in [3.8, 4) is 0 Å². The Morgan fingerprint density at radius 1 is 1.41 bits per heavy atom. The van der Waals surface area contributed by atoms with Crippen LogP contribution >= 0.6 is 11.6 Å². The molecule has 0 saturated carbocycles. The van der Waals surface area contributed by atoms with Gasteiger partial charge in [0.25, 0.3) is 5.69 Å². The number of benzene rings is 1. The highest BCUT2D eigenvalue weighted by Crippen LogP contribution is 2.32. The molecular formula is C12H17ClN2O2. The normalized spacial score (nSPS) is 14.4. The van der Waals surface area contributed by atoms with E-state index in [-0.39, 0.29) is 22.7 Å². The molecular weight excluding hydrogens is 240 g/mol. The Morgan fingerprint density at radius 3 is 2.47 bits per heavy atom. The fourth-order valence-corrected chi connectivity index (χ4v) is 2.07. The maximum Gasteiger partial charge on any atom is 0.288 e. The minimum atomic E-state index is -0.453. The number of nitro benzene ring substituents is 1. The molecule has 1 rings (SSSR count). The standard InChI is InChI=1S/C12H17ClN2O2/c1-7-5-12(15(16)17)11(13)6-10(7)8(2)9(3)14-4/h5-6,8-9,14H,1-4H3. The molecule has 0 aromatic heterocycles. The molecule has 0 heterocycles. The third-order valence-corrected chi connectivity index (χ3v) is 3.53. The van der Waals surface area contributed by atoms with Crippen LogP contribution in [0.1, 0.15) is 30.9 Å². The fraction of sp³-hybridized carbons (Fsp3) is 0.500. The first-order valence-corrected chi connectivity index (χ1v) is 5.88. The van der Waals surface area contributed by atoms with Gasteiger partial charge in [-0.05, 0) is 44.0 Å². The monoisotopic (exact) mass is 256 g/mol. The lowest BCUT2D eigenvalue weighted by molar-refractivity contribution is -0.384. The van der Waals surface area contributed by atoms with Crippen molar-refractivity contribution < 1.29 is 4.92 Å². The number of hydrogen-bond acceptors (Lipinski definition) is 3. The van der Waals surface area contributed by atoms with Crippen molar-refractivity contribution in [2.75, 3.05) is 7.05 Å². The quantitative estimate of drug-likeness (QED) is 0.664. The van der Waals surface area contributed by atoms with Crippen LogP contribution in [0, 0.1) is 17.0 Å². The van der Waals surface area contributed by atoms with E-state index in [0.29, 0.717) is 0 Å². The first-order chi connectivity index (χ1) is 7.88. The van der Waals surface area contributed by atoms with Crippen molar-refractivity contribution in [1.82, 2.24) is 5.32 Å². The minimum absolute atomic E-state index is 0.0303. The Labute approximate surface area is 106 Å². The maximum absolute atomic E-state index is 10.8. The lowest BCUT2D eigenvalue weighted by Crippen LogP contribution is -2.27. The van der Waals surface area contributed by atoms with Crippen LogP contribution in [-0.2, 0) is 0 Å². The Kier molecular flexibility index (Phi) is 4.48. The Balaban J connectivity index is 3.20. The summed E-state index contributed by atoms with van der Waals surface area (Å²) in [6, 6.07) is 3.52. The zero-order valence-electron chi connectivity index (χ0n) is 10.5. The molecule has 1 N–H and O–H groups in total. The highest BCUT2D eigenvalue weighted by Gasteiger charge is 2.20. The van der Waals surface area contributed by atoms with Crippen molar-refractivity contribution in [3.63, 3.8) is 0 Å². The van der Waals surface area contributed by atoms with Crippen molar-refractivity contribution in [1.29, 1.82) is 0 Å². The van der Waals surface area contributed by atoms with E-state index in [1.807, 2.05) is 14.0 Å². The van der Waals surface area contributed by atoms with E-state index in [9.17, 15) is 10.1 Å². The topological polar surface area (TPSA) is 55.2 Å². The van der Waals surface area contributed by atoms with E-state index in [4.69, 9.17) is 11.6 Å². The summed E-state index contributed by atoms with van der Waals surface area (Å²) in [4.78, 5) is 10.3. The molecule has 5 heteroatoms. The first-order valence-electron chi connectivity index (χ1n) is 5.50. The number of nitro groups is 1. The molecule has 94 valence electrons. The van der Waals surface area contributed by atoms with Gasteiger partial charge in [0.1, 0.15) is 5.02 Å². The molecule has 0 aliphatic rings. The Bertz CT molecular complexity index is 435. The molecule has 2 unspecified atom stereocenters. The van der Waals surface area contributed by atoms with Gasteiger partial charge in [-0.15, -0.1) is 0 Å². The van der Waals surface area contributed by atoms with Gasteiger partial charge in [0.05, 0.1) is 4.92 Å². The number of halogens is 1. The molecule has 0 aliphatic carbocycles. The predicted molar refractivity (Wildman–Crippen MR) is 69.8 cm³/mol. The summed E-state index contributed by atoms with van der Waals surface area (Å²) >= 11 is 5.93. The van der Waals surface area contributed by atoms with Crippen LogP contribution in [-0.4, -0.2) is 18.0 Å². The summed E-state index contributed by atoms with van der Waals surface area (Å²) in [6.45, 7) is 6.02. The molecule has 0 amide bonds. The smallest absolute Gasteiger partial charge is 0.288 e. The van der Waals surface area contributed by atoms with Crippen LogP contribution in [0.15, 0.2) is 12.1 Å². The number of aryl methyl sites for hydroxylation is 1. The number of nitrogens with zero attached hydrogens (tertiary/aromatic N) is 1. The minimum Gasteiger partial charge on any atom is -0.317 e. The molecule has 4 nitrogen and oxygen atoms in total. The molecule has 0 aliphatic heterocycles. The summed E-state index contributed by atoms with van der Waals surface area (Å²) < 4.78 is 0. The number of hydrogen-bond donors (Lipinski definition) is 1. The van der Waals surface area contributed by atoms with Crippen LogP contribution in [0.5, 0.6) is 0 Å². The van der Waals surface area contributed by atoms with Gasteiger partial charge in [-0.2, -0.15) is 0 Å². The van der Waals surface area contributed by atoms with Crippen LogP contribution in [0.3, 0.4) is 0 Å². The van der Waals surface area contributed by atoms with Gasteiger partial charge < -0.3 is 5.32 Å². The zero-order chi connectivity index (χ0) is 13.2. The summed E-state index contributed by atoms with van der Waals surface area (Å²) in [5, 5.41) is 14.1. The van der Waals surface area contributed by atoms with Gasteiger partial charge in [-0.25, -0.2) is 0 Å². The molecule has 0 bridgehead atoms. The van der Waals surface area contributed by atoms with E-state index in [2.05, 4.69) is 19.2 Å². The highest BCUT2D eigenvalue weighted by molar-refractivity contribution is 6.32. The first kappa shape index (κ1) is 13.9. The second-order valence-corrected chi connectivity index (χ2v) is 4.69. The Hall–Kier alpha value is -1.13. The molecule has 2 atom stereocenters. The SMILES string of the molecule is CNC(C)C(C)c1cc(Cl)c([N+](=O)[O-])cc1C. The zero-order valence-corrected chi connectivity index (χ0v) is 11.2. The molecule has 1 aromatic carbocycles. The van der Waals surface area contributed by atoms with Gasteiger partial charge >= 0.3 is 0 Å². The Morgan fingerprint density at radius 2 is 2.00 bits per heavy atom.